The molecule has 20 heavy (non-hydrogen) atoms. The summed E-state index contributed by atoms with van der Waals surface area (Å²) in [6.45, 7) is 1.20. The number of aliphatic hydroxyl groups excluding tert-OH is 1. The molecule has 0 aromatic heterocycles. The van der Waals surface area contributed by atoms with E-state index in [1.54, 1.807) is 0 Å². The average molecular weight is 359 g/mol. The summed E-state index contributed by atoms with van der Waals surface area (Å²) in [5, 5.41) is 49.6. The van der Waals surface area contributed by atoms with Crippen molar-refractivity contribution in [2.45, 2.75) is 31.5 Å². The van der Waals surface area contributed by atoms with Crippen molar-refractivity contribution < 1.29 is 49.8 Å². The molecule has 0 radical (unpaired) electrons. The fraction of sp³-hybridized carbons (Fsp3) is 0.556. The summed E-state index contributed by atoms with van der Waals surface area (Å²) in [7, 11) is 0. The standard InChI is InChI=1S/C6H8O7.C3H6O3.GeH4/c7-3(8)1-6(13,5(11)12)2-4(9)10;1-2(4)3(5)6;/h13H,1-2H2,(H,7,8)(H,9,10)(H,11,12);2,4H,1H3,(H,5,6);1H4. The van der Waals surface area contributed by atoms with Crippen LogP contribution in [0.5, 0.6) is 0 Å². The molecule has 0 spiro atoms. The van der Waals surface area contributed by atoms with Gasteiger partial charge in [0, 0.05) is 0 Å². The zero-order valence-electron chi connectivity index (χ0n) is 9.81. The number of carboxylic acids is 4. The van der Waals surface area contributed by atoms with Gasteiger partial charge in [0.1, 0.15) is 6.10 Å². The molecule has 0 aromatic carbocycles. The van der Waals surface area contributed by atoms with Crippen LogP contribution in [0.2, 0.25) is 0 Å². The van der Waals surface area contributed by atoms with E-state index in [0.29, 0.717) is 0 Å². The van der Waals surface area contributed by atoms with Crippen molar-refractivity contribution in [3.05, 3.63) is 0 Å². The van der Waals surface area contributed by atoms with E-state index >= 15 is 0 Å². The van der Waals surface area contributed by atoms with Gasteiger partial charge < -0.3 is 30.6 Å². The number of hydrogen-bond donors (Lipinski definition) is 6. The van der Waals surface area contributed by atoms with Gasteiger partial charge >= 0.3 is 41.5 Å². The topological polar surface area (TPSA) is 190 Å². The molecule has 0 saturated carbocycles. The summed E-state index contributed by atoms with van der Waals surface area (Å²) in [4.78, 5) is 39.9. The Kier molecular flexibility index (Phi) is 11.9. The maximum absolute atomic E-state index is 10.3. The van der Waals surface area contributed by atoms with Crippen molar-refractivity contribution >= 4 is 41.5 Å². The normalized spacial score (nSPS) is 11.2. The van der Waals surface area contributed by atoms with Gasteiger partial charge in [-0.3, -0.25) is 9.59 Å². The summed E-state index contributed by atoms with van der Waals surface area (Å²) < 4.78 is 0. The molecule has 0 aliphatic heterocycles. The average Bonchev–Trinajstić information content (AvgIpc) is 2.14. The molecule has 118 valence electrons. The predicted molar refractivity (Wildman–Crippen MR) is 67.7 cm³/mol. The summed E-state index contributed by atoms with van der Waals surface area (Å²) >= 11 is 0. The molecule has 0 bridgehead atoms. The minimum absolute atomic E-state index is 0. The molecule has 0 fully saturated rings. The first-order valence-electron chi connectivity index (χ1n) is 4.72. The Morgan fingerprint density at radius 2 is 1.20 bits per heavy atom. The van der Waals surface area contributed by atoms with Crippen molar-refractivity contribution in [1.82, 2.24) is 0 Å². The third-order valence-corrected chi connectivity index (χ3v) is 1.64. The van der Waals surface area contributed by atoms with Crippen LogP contribution in [-0.4, -0.2) is 83.8 Å². The quantitative estimate of drug-likeness (QED) is 0.263. The zero-order valence-corrected chi connectivity index (χ0v) is 9.81. The van der Waals surface area contributed by atoms with E-state index in [2.05, 4.69) is 0 Å². The fourth-order valence-electron chi connectivity index (χ4n) is 0.714. The summed E-state index contributed by atoms with van der Waals surface area (Å²) in [5.74, 6) is -6.20. The van der Waals surface area contributed by atoms with Crippen LogP contribution in [-0.2, 0) is 19.2 Å². The second-order valence-corrected chi connectivity index (χ2v) is 3.49. The molecule has 0 amide bonds. The van der Waals surface area contributed by atoms with Crippen molar-refractivity contribution in [2.24, 2.45) is 0 Å². The molecule has 11 heteroatoms. The van der Waals surface area contributed by atoms with Crippen LogP contribution in [0.25, 0.3) is 0 Å². The number of carbonyl (C=O) groups is 4. The van der Waals surface area contributed by atoms with Gasteiger partial charge in [-0.1, -0.05) is 0 Å². The molecule has 1 unspecified atom stereocenters. The van der Waals surface area contributed by atoms with Crippen molar-refractivity contribution in [2.75, 3.05) is 0 Å². The molecular weight excluding hydrogens is 341 g/mol. The first-order valence-corrected chi connectivity index (χ1v) is 4.72. The van der Waals surface area contributed by atoms with Crippen LogP contribution in [0.3, 0.4) is 0 Å². The van der Waals surface area contributed by atoms with Gasteiger partial charge in [-0.2, -0.15) is 0 Å². The van der Waals surface area contributed by atoms with Crippen molar-refractivity contribution in [3.63, 3.8) is 0 Å². The van der Waals surface area contributed by atoms with Gasteiger partial charge in [-0.25, -0.2) is 9.59 Å². The van der Waals surface area contributed by atoms with Gasteiger partial charge in [0.05, 0.1) is 12.8 Å². The van der Waals surface area contributed by atoms with Crippen LogP contribution in [0.1, 0.15) is 19.8 Å². The van der Waals surface area contributed by atoms with E-state index in [0.717, 1.165) is 0 Å². The molecule has 1 atom stereocenters. The first kappa shape index (κ1) is 23.4. The Morgan fingerprint density at radius 3 is 1.30 bits per heavy atom. The van der Waals surface area contributed by atoms with Crippen LogP contribution in [0, 0.1) is 0 Å². The van der Waals surface area contributed by atoms with Crippen LogP contribution >= 0.6 is 0 Å². The summed E-state index contributed by atoms with van der Waals surface area (Å²) in [5.41, 5.74) is -2.74. The van der Waals surface area contributed by atoms with Gasteiger partial charge in [0.15, 0.2) is 5.60 Å². The molecule has 10 nitrogen and oxygen atoms in total. The van der Waals surface area contributed by atoms with Gasteiger partial charge in [0.25, 0.3) is 0 Å². The molecule has 0 heterocycles. The van der Waals surface area contributed by atoms with Gasteiger partial charge in [0.2, 0.25) is 0 Å². The van der Waals surface area contributed by atoms with E-state index in [1.807, 2.05) is 0 Å². The molecule has 0 aromatic rings. The predicted octanol–water partition coefficient (Wildman–Crippen LogP) is -3.25. The molecular formula is C9H18GeO10. The van der Waals surface area contributed by atoms with Gasteiger partial charge in [-0.05, 0) is 6.92 Å². The Bertz CT molecular complexity index is 348. The maximum atomic E-state index is 10.3. The Balaban J connectivity index is -0.000000352. The zero-order chi connectivity index (χ0) is 15.8. The Hall–Kier alpha value is -1.66. The number of carboxylic acid groups (broad SMARTS) is 4. The van der Waals surface area contributed by atoms with E-state index in [9.17, 15) is 19.2 Å². The van der Waals surface area contributed by atoms with Crippen molar-refractivity contribution in [3.8, 4) is 0 Å². The van der Waals surface area contributed by atoms with E-state index in [1.165, 1.54) is 6.92 Å². The number of aliphatic carboxylic acids is 4. The monoisotopic (exact) mass is 360 g/mol. The second kappa shape index (κ2) is 10.2. The van der Waals surface area contributed by atoms with E-state index < -0.39 is 48.4 Å². The number of aliphatic hydroxyl groups is 2. The molecule has 6 N–H and O–H groups in total. The van der Waals surface area contributed by atoms with Gasteiger partial charge in [-0.15, -0.1) is 0 Å². The molecule has 0 saturated heterocycles. The first-order chi connectivity index (χ1) is 8.42. The van der Waals surface area contributed by atoms with Crippen LogP contribution < -0.4 is 0 Å². The third-order valence-electron chi connectivity index (χ3n) is 1.64. The molecule has 0 aliphatic rings. The second-order valence-electron chi connectivity index (χ2n) is 3.49. The number of rotatable bonds is 6. The number of hydrogen-bond acceptors (Lipinski definition) is 6. The summed E-state index contributed by atoms with van der Waals surface area (Å²) in [6, 6.07) is 0. The van der Waals surface area contributed by atoms with Crippen LogP contribution in [0.4, 0.5) is 0 Å². The fourth-order valence-corrected chi connectivity index (χ4v) is 0.714. The Labute approximate surface area is 123 Å². The summed E-state index contributed by atoms with van der Waals surface area (Å²) in [6.07, 6.45) is -3.52. The van der Waals surface area contributed by atoms with Crippen LogP contribution in [0.15, 0.2) is 0 Å². The van der Waals surface area contributed by atoms with E-state index in [4.69, 9.17) is 30.6 Å². The molecule has 0 rings (SSSR count). The Morgan fingerprint density at radius 1 is 0.950 bits per heavy atom. The third kappa shape index (κ3) is 11.4. The molecule has 0 aliphatic carbocycles. The SMILES string of the molecule is CC(O)C(=O)O.O=C(O)CC(O)(CC(=O)O)C(=O)O.[GeH4]. The minimum atomic E-state index is -2.74. The van der Waals surface area contributed by atoms with Crippen molar-refractivity contribution in [1.29, 1.82) is 0 Å². The van der Waals surface area contributed by atoms with E-state index in [-0.39, 0.29) is 17.6 Å².